The summed E-state index contributed by atoms with van der Waals surface area (Å²) in [6.45, 7) is 4.67. The molecule has 1 heterocycles. The summed E-state index contributed by atoms with van der Waals surface area (Å²) < 4.78 is 0. The Morgan fingerprint density at radius 2 is 2.00 bits per heavy atom. The Bertz CT molecular complexity index is 514. The lowest BCUT2D eigenvalue weighted by molar-refractivity contribution is -0.135. The molecule has 108 valence electrons. The molecule has 1 aromatic carbocycles. The summed E-state index contributed by atoms with van der Waals surface area (Å²) in [5.41, 5.74) is 1.09. The summed E-state index contributed by atoms with van der Waals surface area (Å²) in [5.74, 6) is 0.658. The number of benzene rings is 1. The largest absolute Gasteiger partial charge is 0.337 e. The van der Waals surface area contributed by atoms with Gasteiger partial charge in [0.25, 0.3) is 0 Å². The fourth-order valence-corrected chi connectivity index (χ4v) is 3.55. The van der Waals surface area contributed by atoms with Crippen molar-refractivity contribution in [3.63, 3.8) is 0 Å². The SMILES string of the molecule is C[C@@H]1CNCCN1C(=O)C1CC1c1cc(Cl)cc(Cl)c1. The predicted molar refractivity (Wildman–Crippen MR) is 81.4 cm³/mol. The molecule has 3 nitrogen and oxygen atoms in total. The van der Waals surface area contributed by atoms with Crippen molar-refractivity contribution in [2.45, 2.75) is 25.3 Å². The van der Waals surface area contributed by atoms with E-state index in [0.717, 1.165) is 31.6 Å². The molecule has 20 heavy (non-hydrogen) atoms. The van der Waals surface area contributed by atoms with Gasteiger partial charge in [-0.15, -0.1) is 0 Å². The summed E-state index contributed by atoms with van der Waals surface area (Å²) in [6.07, 6.45) is 0.909. The van der Waals surface area contributed by atoms with Crippen LogP contribution in [-0.4, -0.2) is 36.5 Å². The lowest BCUT2D eigenvalue weighted by atomic mass is 10.1. The molecule has 2 unspecified atom stereocenters. The number of carbonyl (C=O) groups is 1. The summed E-state index contributed by atoms with van der Waals surface area (Å²) in [4.78, 5) is 14.6. The molecule has 0 radical (unpaired) electrons. The lowest BCUT2D eigenvalue weighted by Crippen LogP contribution is -2.52. The van der Waals surface area contributed by atoms with Crippen LogP contribution >= 0.6 is 23.2 Å². The van der Waals surface area contributed by atoms with E-state index in [2.05, 4.69) is 12.2 Å². The van der Waals surface area contributed by atoms with Crippen molar-refractivity contribution in [3.8, 4) is 0 Å². The molecule has 2 fully saturated rings. The van der Waals surface area contributed by atoms with Gasteiger partial charge >= 0.3 is 0 Å². The number of hydrogen-bond donors (Lipinski definition) is 1. The fourth-order valence-electron chi connectivity index (χ4n) is 3.01. The molecule has 0 bridgehead atoms. The van der Waals surface area contributed by atoms with Crippen LogP contribution in [0.25, 0.3) is 0 Å². The first-order valence-corrected chi connectivity index (χ1v) is 7.79. The van der Waals surface area contributed by atoms with Gasteiger partial charge in [-0.25, -0.2) is 0 Å². The summed E-state index contributed by atoms with van der Waals surface area (Å²) in [5, 5.41) is 4.59. The smallest absolute Gasteiger partial charge is 0.226 e. The van der Waals surface area contributed by atoms with Crippen molar-refractivity contribution in [1.29, 1.82) is 0 Å². The van der Waals surface area contributed by atoms with Gasteiger partial charge in [0.05, 0.1) is 0 Å². The molecule has 1 amide bonds. The predicted octanol–water partition coefficient (Wildman–Crippen LogP) is 2.92. The Balaban J connectivity index is 1.70. The van der Waals surface area contributed by atoms with Gasteiger partial charge < -0.3 is 10.2 Å². The minimum Gasteiger partial charge on any atom is -0.337 e. The van der Waals surface area contributed by atoms with E-state index in [1.54, 1.807) is 6.07 Å². The molecule has 3 atom stereocenters. The Kier molecular flexibility index (Phi) is 3.93. The van der Waals surface area contributed by atoms with Crippen molar-refractivity contribution in [2.24, 2.45) is 5.92 Å². The maximum atomic E-state index is 12.6. The Hall–Kier alpha value is -0.770. The normalized spacial score (nSPS) is 29.4. The van der Waals surface area contributed by atoms with Crippen LogP contribution in [0.15, 0.2) is 18.2 Å². The molecule has 5 heteroatoms. The van der Waals surface area contributed by atoms with Gasteiger partial charge in [0.1, 0.15) is 0 Å². The maximum absolute atomic E-state index is 12.6. The van der Waals surface area contributed by atoms with E-state index in [9.17, 15) is 4.79 Å². The van der Waals surface area contributed by atoms with E-state index >= 15 is 0 Å². The van der Waals surface area contributed by atoms with Crippen molar-refractivity contribution in [3.05, 3.63) is 33.8 Å². The van der Waals surface area contributed by atoms with E-state index in [-0.39, 0.29) is 23.8 Å². The van der Waals surface area contributed by atoms with E-state index in [1.807, 2.05) is 17.0 Å². The van der Waals surface area contributed by atoms with Gasteiger partial charge in [-0.2, -0.15) is 0 Å². The van der Waals surface area contributed by atoms with Gasteiger partial charge in [0.15, 0.2) is 0 Å². The maximum Gasteiger partial charge on any atom is 0.226 e. The molecule has 1 aromatic rings. The molecule has 1 aliphatic heterocycles. The molecule has 1 aliphatic carbocycles. The third-order valence-electron chi connectivity index (χ3n) is 4.21. The molecule has 1 N–H and O–H groups in total. The monoisotopic (exact) mass is 312 g/mol. The molecule has 2 aliphatic rings. The van der Waals surface area contributed by atoms with Gasteiger partial charge in [-0.05, 0) is 43.0 Å². The second-order valence-electron chi connectivity index (χ2n) is 5.74. The summed E-state index contributed by atoms with van der Waals surface area (Å²) in [6, 6.07) is 5.85. The van der Waals surface area contributed by atoms with Crippen LogP contribution in [0.4, 0.5) is 0 Å². The molecule has 0 spiro atoms. The van der Waals surface area contributed by atoms with Crippen LogP contribution in [0, 0.1) is 5.92 Å². The minimum absolute atomic E-state index is 0.102. The molecule has 0 aromatic heterocycles. The average molecular weight is 313 g/mol. The zero-order valence-corrected chi connectivity index (χ0v) is 12.9. The summed E-state index contributed by atoms with van der Waals surface area (Å²) >= 11 is 12.1. The van der Waals surface area contributed by atoms with Crippen LogP contribution in [-0.2, 0) is 4.79 Å². The Morgan fingerprint density at radius 1 is 1.30 bits per heavy atom. The van der Waals surface area contributed by atoms with Gasteiger partial charge in [0, 0.05) is 41.6 Å². The van der Waals surface area contributed by atoms with Crippen molar-refractivity contribution in [1.82, 2.24) is 10.2 Å². The number of carbonyl (C=O) groups excluding carboxylic acids is 1. The number of halogens is 2. The van der Waals surface area contributed by atoms with Crippen molar-refractivity contribution < 1.29 is 4.79 Å². The number of amides is 1. The molecule has 1 saturated heterocycles. The summed E-state index contributed by atoms with van der Waals surface area (Å²) in [7, 11) is 0. The van der Waals surface area contributed by atoms with Crippen molar-refractivity contribution in [2.75, 3.05) is 19.6 Å². The third kappa shape index (κ3) is 2.80. The second-order valence-corrected chi connectivity index (χ2v) is 6.61. The van der Waals surface area contributed by atoms with E-state index in [1.165, 1.54) is 0 Å². The molecule has 3 rings (SSSR count). The molecular weight excluding hydrogens is 295 g/mol. The Labute approximate surface area is 129 Å². The van der Waals surface area contributed by atoms with Crippen LogP contribution in [0.5, 0.6) is 0 Å². The van der Waals surface area contributed by atoms with Gasteiger partial charge in [0.2, 0.25) is 5.91 Å². The first-order chi connectivity index (χ1) is 9.56. The van der Waals surface area contributed by atoms with E-state index in [0.29, 0.717) is 10.0 Å². The lowest BCUT2D eigenvalue weighted by Gasteiger charge is -2.34. The van der Waals surface area contributed by atoms with E-state index in [4.69, 9.17) is 23.2 Å². The highest BCUT2D eigenvalue weighted by atomic mass is 35.5. The second kappa shape index (κ2) is 5.55. The number of rotatable bonds is 2. The van der Waals surface area contributed by atoms with Crippen LogP contribution in [0.1, 0.15) is 24.8 Å². The minimum atomic E-state index is 0.102. The molecular formula is C15H18Cl2N2O. The van der Waals surface area contributed by atoms with Crippen LogP contribution in [0.2, 0.25) is 10.0 Å². The topological polar surface area (TPSA) is 32.3 Å². The Morgan fingerprint density at radius 3 is 2.65 bits per heavy atom. The van der Waals surface area contributed by atoms with Gasteiger partial charge in [-0.3, -0.25) is 4.79 Å². The quantitative estimate of drug-likeness (QED) is 0.910. The number of piperazine rings is 1. The number of nitrogens with one attached hydrogen (secondary N) is 1. The van der Waals surface area contributed by atoms with Gasteiger partial charge in [-0.1, -0.05) is 23.2 Å². The highest BCUT2D eigenvalue weighted by Gasteiger charge is 2.46. The van der Waals surface area contributed by atoms with Crippen molar-refractivity contribution >= 4 is 29.1 Å². The highest BCUT2D eigenvalue weighted by molar-refractivity contribution is 6.34. The fraction of sp³-hybridized carbons (Fsp3) is 0.533. The first kappa shape index (κ1) is 14.2. The average Bonchev–Trinajstić information content (AvgIpc) is 3.17. The zero-order chi connectivity index (χ0) is 14.3. The highest BCUT2D eigenvalue weighted by Crippen LogP contribution is 2.49. The van der Waals surface area contributed by atoms with E-state index < -0.39 is 0 Å². The number of hydrogen-bond acceptors (Lipinski definition) is 2. The van der Waals surface area contributed by atoms with Crippen LogP contribution in [0.3, 0.4) is 0 Å². The standard InChI is InChI=1S/C15H18Cl2N2O/c1-9-8-18-2-3-19(9)15(20)14-7-13(14)10-4-11(16)6-12(17)5-10/h4-6,9,13-14,18H,2-3,7-8H2,1H3/t9-,13?,14?/m1/s1. The first-order valence-electron chi connectivity index (χ1n) is 7.03. The molecule has 1 saturated carbocycles. The zero-order valence-electron chi connectivity index (χ0n) is 11.4. The van der Waals surface area contributed by atoms with Crippen LogP contribution < -0.4 is 5.32 Å². The number of nitrogens with zero attached hydrogens (tertiary/aromatic N) is 1. The third-order valence-corrected chi connectivity index (χ3v) is 4.64.